The Morgan fingerprint density at radius 3 is 2.31 bits per heavy atom. The smallest absolute Gasteiger partial charge is 0.234 e. The lowest BCUT2D eigenvalue weighted by molar-refractivity contribution is -0.122. The summed E-state index contributed by atoms with van der Waals surface area (Å²) in [6.07, 6.45) is 2.35. The van der Waals surface area contributed by atoms with Gasteiger partial charge in [0, 0.05) is 19.1 Å². The summed E-state index contributed by atoms with van der Waals surface area (Å²) >= 11 is 0. The second-order valence-corrected chi connectivity index (χ2v) is 10.1. The van der Waals surface area contributed by atoms with E-state index < -0.39 is 0 Å². The number of carbonyl (C=O) groups excluding carboxylic acids is 1. The molecule has 3 aromatic carbocycles. The van der Waals surface area contributed by atoms with Crippen molar-refractivity contribution in [1.82, 2.24) is 10.2 Å². The van der Waals surface area contributed by atoms with Gasteiger partial charge < -0.3 is 24.3 Å². The molecule has 7 nitrogen and oxygen atoms in total. The maximum Gasteiger partial charge on any atom is 0.234 e. The normalized spacial score (nSPS) is 15.0. The molecule has 1 amide bonds. The van der Waals surface area contributed by atoms with Gasteiger partial charge in [-0.15, -0.1) is 0 Å². The van der Waals surface area contributed by atoms with E-state index in [1.807, 2.05) is 44.2 Å². The molecule has 4 rings (SSSR count). The number of nitrogens with one attached hydrogen (secondary N) is 1. The Balaban J connectivity index is 1.59. The zero-order chi connectivity index (χ0) is 27.8. The van der Waals surface area contributed by atoms with Gasteiger partial charge in [0.05, 0.1) is 34.0 Å². The Morgan fingerprint density at radius 1 is 0.897 bits per heavy atom. The molecule has 1 N–H and O–H groups in total. The van der Waals surface area contributed by atoms with Gasteiger partial charge in [0.25, 0.3) is 0 Å². The highest BCUT2D eigenvalue weighted by molar-refractivity contribution is 5.78. The van der Waals surface area contributed by atoms with Gasteiger partial charge in [-0.3, -0.25) is 9.69 Å². The van der Waals surface area contributed by atoms with Gasteiger partial charge in [0.2, 0.25) is 5.91 Å². The third-order valence-electron chi connectivity index (χ3n) is 7.06. The molecule has 0 fully saturated rings. The summed E-state index contributed by atoms with van der Waals surface area (Å²) in [5.74, 6) is 2.86. The molecule has 1 aliphatic rings. The van der Waals surface area contributed by atoms with E-state index in [9.17, 15) is 4.79 Å². The van der Waals surface area contributed by atoms with Crippen LogP contribution in [0.3, 0.4) is 0 Å². The van der Waals surface area contributed by atoms with Crippen LogP contribution in [0.2, 0.25) is 0 Å². The van der Waals surface area contributed by atoms with E-state index in [1.54, 1.807) is 21.3 Å². The van der Waals surface area contributed by atoms with Crippen molar-refractivity contribution in [3.05, 3.63) is 82.9 Å². The molecule has 0 radical (unpaired) electrons. The van der Waals surface area contributed by atoms with E-state index in [2.05, 4.69) is 40.5 Å². The number of methoxy groups -OCH3 is 3. The first-order valence-corrected chi connectivity index (χ1v) is 13.5. The van der Waals surface area contributed by atoms with Crippen molar-refractivity contribution < 1.29 is 23.7 Å². The van der Waals surface area contributed by atoms with Crippen molar-refractivity contribution >= 4 is 5.91 Å². The topological polar surface area (TPSA) is 69.3 Å². The summed E-state index contributed by atoms with van der Waals surface area (Å²) in [4.78, 5) is 15.3. The van der Waals surface area contributed by atoms with Crippen molar-refractivity contribution in [3.63, 3.8) is 0 Å². The van der Waals surface area contributed by atoms with Crippen LogP contribution in [0, 0.1) is 0 Å². The molecule has 1 unspecified atom stereocenters. The minimum absolute atomic E-state index is 0.0105. The fraction of sp³-hybridized carbons (Fsp3) is 0.406. The van der Waals surface area contributed by atoms with Crippen LogP contribution in [0.25, 0.3) is 0 Å². The maximum atomic E-state index is 13.1. The predicted molar refractivity (Wildman–Crippen MR) is 153 cm³/mol. The van der Waals surface area contributed by atoms with E-state index in [1.165, 1.54) is 11.1 Å². The molecular weight excluding hydrogens is 492 g/mol. The van der Waals surface area contributed by atoms with Crippen LogP contribution in [0.5, 0.6) is 23.0 Å². The molecule has 1 aliphatic heterocycles. The Kier molecular flexibility index (Phi) is 9.71. The number of ether oxygens (including phenoxy) is 4. The Hall–Kier alpha value is -3.71. The van der Waals surface area contributed by atoms with Crippen LogP contribution in [0.1, 0.15) is 42.1 Å². The third-order valence-corrected chi connectivity index (χ3v) is 7.06. The fourth-order valence-corrected chi connectivity index (χ4v) is 5.16. The molecule has 0 saturated heterocycles. The van der Waals surface area contributed by atoms with Crippen LogP contribution < -0.4 is 24.3 Å². The molecule has 0 bridgehead atoms. The second-order valence-electron chi connectivity index (χ2n) is 10.1. The number of amides is 1. The van der Waals surface area contributed by atoms with Crippen LogP contribution in [-0.4, -0.2) is 57.9 Å². The largest absolute Gasteiger partial charge is 0.493 e. The summed E-state index contributed by atoms with van der Waals surface area (Å²) in [7, 11) is 4.95. The number of hydrogen-bond acceptors (Lipinski definition) is 6. The molecule has 0 saturated carbocycles. The number of hydrogen-bond donors (Lipinski definition) is 1. The molecular formula is C32H40N2O5. The van der Waals surface area contributed by atoms with E-state index in [-0.39, 0.29) is 18.1 Å². The van der Waals surface area contributed by atoms with Crippen molar-refractivity contribution in [3.8, 4) is 23.0 Å². The molecule has 1 heterocycles. The summed E-state index contributed by atoms with van der Waals surface area (Å²) in [6.45, 7) is 5.71. The van der Waals surface area contributed by atoms with Gasteiger partial charge in [-0.2, -0.15) is 0 Å². The molecule has 208 valence electrons. The average Bonchev–Trinajstić information content (AvgIpc) is 2.94. The standard InChI is InChI=1S/C32H40N2O5/c1-22(2)39-31-20-26-25(19-30(31)38-5)14-16-34(21-32(35)33-15-13-23-9-7-6-8-10-23)27(26)17-24-11-12-28(36-3)29(18-24)37-4/h6-12,18-20,22,27H,13-17,21H2,1-5H3,(H,33,35). The van der Waals surface area contributed by atoms with E-state index in [0.717, 1.165) is 42.0 Å². The van der Waals surface area contributed by atoms with Gasteiger partial charge in [0.15, 0.2) is 23.0 Å². The fourth-order valence-electron chi connectivity index (χ4n) is 5.16. The zero-order valence-corrected chi connectivity index (χ0v) is 23.7. The lowest BCUT2D eigenvalue weighted by Gasteiger charge is -2.37. The molecule has 0 aliphatic carbocycles. The zero-order valence-electron chi connectivity index (χ0n) is 23.7. The number of carbonyl (C=O) groups is 1. The van der Waals surface area contributed by atoms with E-state index in [4.69, 9.17) is 18.9 Å². The quantitative estimate of drug-likeness (QED) is 0.354. The minimum Gasteiger partial charge on any atom is -0.493 e. The molecule has 1 atom stereocenters. The predicted octanol–water partition coefficient (Wildman–Crippen LogP) is 5.00. The summed E-state index contributed by atoms with van der Waals surface area (Å²) in [5.41, 5.74) is 4.68. The first-order valence-electron chi connectivity index (χ1n) is 13.5. The van der Waals surface area contributed by atoms with Crippen molar-refractivity contribution in [2.75, 3.05) is 41.0 Å². The third kappa shape index (κ3) is 7.24. The highest BCUT2D eigenvalue weighted by Crippen LogP contribution is 2.40. The lowest BCUT2D eigenvalue weighted by Crippen LogP contribution is -2.43. The van der Waals surface area contributed by atoms with Crippen molar-refractivity contribution in [1.29, 1.82) is 0 Å². The van der Waals surface area contributed by atoms with Crippen molar-refractivity contribution in [2.45, 2.75) is 45.3 Å². The summed E-state index contributed by atoms with van der Waals surface area (Å²) in [6, 6.07) is 20.4. The first-order chi connectivity index (χ1) is 18.9. The molecule has 3 aromatic rings. The number of rotatable bonds is 12. The van der Waals surface area contributed by atoms with E-state index >= 15 is 0 Å². The average molecular weight is 533 g/mol. The number of benzene rings is 3. The van der Waals surface area contributed by atoms with Crippen LogP contribution in [-0.2, 0) is 24.1 Å². The van der Waals surface area contributed by atoms with Crippen molar-refractivity contribution in [2.24, 2.45) is 0 Å². The minimum atomic E-state index is -0.0212. The SMILES string of the molecule is COc1ccc(CC2c3cc(OC(C)C)c(OC)cc3CCN2CC(=O)NCCc2ccccc2)cc1OC. The molecule has 0 aromatic heterocycles. The van der Waals surface area contributed by atoms with Gasteiger partial charge in [0.1, 0.15) is 0 Å². The van der Waals surface area contributed by atoms with Crippen LogP contribution in [0.4, 0.5) is 0 Å². The van der Waals surface area contributed by atoms with Gasteiger partial charge in [-0.25, -0.2) is 0 Å². The lowest BCUT2D eigenvalue weighted by atomic mass is 9.88. The Labute approximate surface area is 232 Å². The Morgan fingerprint density at radius 2 is 1.62 bits per heavy atom. The summed E-state index contributed by atoms with van der Waals surface area (Å²) in [5, 5.41) is 3.11. The highest BCUT2D eigenvalue weighted by atomic mass is 16.5. The van der Waals surface area contributed by atoms with E-state index in [0.29, 0.717) is 31.0 Å². The van der Waals surface area contributed by atoms with Gasteiger partial charge in [-0.05, 0) is 79.6 Å². The molecule has 39 heavy (non-hydrogen) atoms. The number of fused-ring (bicyclic) bond motifs is 1. The van der Waals surface area contributed by atoms with Gasteiger partial charge >= 0.3 is 0 Å². The molecule has 0 spiro atoms. The van der Waals surface area contributed by atoms with Gasteiger partial charge in [-0.1, -0.05) is 36.4 Å². The first kappa shape index (κ1) is 28.3. The second kappa shape index (κ2) is 13.4. The monoisotopic (exact) mass is 532 g/mol. The van der Waals surface area contributed by atoms with Crippen LogP contribution in [0.15, 0.2) is 60.7 Å². The van der Waals surface area contributed by atoms with Crippen LogP contribution >= 0.6 is 0 Å². The molecule has 7 heteroatoms. The maximum absolute atomic E-state index is 13.1. The Bertz CT molecular complexity index is 1240. The summed E-state index contributed by atoms with van der Waals surface area (Å²) < 4.78 is 22.8. The highest BCUT2D eigenvalue weighted by Gasteiger charge is 2.31. The number of nitrogens with zero attached hydrogens (tertiary/aromatic N) is 1.